The molecule has 102 valence electrons. The second-order valence-corrected chi connectivity index (χ2v) is 5.85. The molecule has 0 aliphatic carbocycles. The molecule has 3 N–H and O–H groups in total. The van der Waals surface area contributed by atoms with Crippen LogP contribution in [0.3, 0.4) is 0 Å². The minimum absolute atomic E-state index is 0.101. The molecule has 1 unspecified atom stereocenters. The van der Waals surface area contributed by atoms with E-state index < -0.39 is 0 Å². The van der Waals surface area contributed by atoms with E-state index in [4.69, 9.17) is 5.84 Å². The summed E-state index contributed by atoms with van der Waals surface area (Å²) in [5, 5.41) is 4.47. The fourth-order valence-electron chi connectivity index (χ4n) is 2.23. The van der Waals surface area contributed by atoms with Crippen molar-refractivity contribution in [1.82, 2.24) is 15.2 Å². The molecule has 5 heteroatoms. The van der Waals surface area contributed by atoms with Crippen molar-refractivity contribution in [3.05, 3.63) is 50.9 Å². The number of halogens is 1. The Balaban J connectivity index is 2.22. The fraction of sp³-hybridized carbons (Fsp3) is 0.357. The second-order valence-electron chi connectivity index (χ2n) is 4.61. The zero-order chi connectivity index (χ0) is 13.8. The SMILES string of the molecule is CCc1nn(C)cc1C(Cc1ccc(I)cc1)NN. The molecule has 0 fully saturated rings. The van der Waals surface area contributed by atoms with Crippen LogP contribution in [0.4, 0.5) is 0 Å². The summed E-state index contributed by atoms with van der Waals surface area (Å²) >= 11 is 2.31. The molecule has 0 aliphatic rings. The van der Waals surface area contributed by atoms with Crippen LogP contribution in [0.2, 0.25) is 0 Å². The van der Waals surface area contributed by atoms with Gasteiger partial charge in [-0.15, -0.1) is 0 Å². The molecule has 0 amide bonds. The molecule has 2 aromatic rings. The van der Waals surface area contributed by atoms with Gasteiger partial charge in [0.25, 0.3) is 0 Å². The van der Waals surface area contributed by atoms with E-state index >= 15 is 0 Å². The first-order chi connectivity index (χ1) is 9.13. The molecule has 0 saturated carbocycles. The highest BCUT2D eigenvalue weighted by Crippen LogP contribution is 2.21. The van der Waals surface area contributed by atoms with Gasteiger partial charge in [-0.3, -0.25) is 16.0 Å². The summed E-state index contributed by atoms with van der Waals surface area (Å²) in [7, 11) is 1.95. The smallest absolute Gasteiger partial charge is 0.0670 e. The highest BCUT2D eigenvalue weighted by Gasteiger charge is 2.17. The summed E-state index contributed by atoms with van der Waals surface area (Å²) in [5.74, 6) is 5.73. The Morgan fingerprint density at radius 2 is 2.05 bits per heavy atom. The van der Waals surface area contributed by atoms with E-state index in [-0.39, 0.29) is 6.04 Å². The van der Waals surface area contributed by atoms with Crippen LogP contribution < -0.4 is 11.3 Å². The Hall–Kier alpha value is -0.920. The normalized spacial score (nSPS) is 12.6. The molecule has 1 heterocycles. The van der Waals surface area contributed by atoms with Crippen molar-refractivity contribution in [2.75, 3.05) is 0 Å². The van der Waals surface area contributed by atoms with Gasteiger partial charge in [0.1, 0.15) is 0 Å². The fourth-order valence-corrected chi connectivity index (χ4v) is 2.59. The van der Waals surface area contributed by atoms with Crippen LogP contribution in [0.1, 0.15) is 29.8 Å². The molecule has 0 bridgehead atoms. The molecule has 0 saturated heterocycles. The minimum atomic E-state index is 0.101. The summed E-state index contributed by atoms with van der Waals surface area (Å²) in [6.45, 7) is 2.12. The van der Waals surface area contributed by atoms with E-state index in [1.54, 1.807) is 0 Å². The van der Waals surface area contributed by atoms with E-state index in [0.29, 0.717) is 0 Å². The lowest BCUT2D eigenvalue weighted by molar-refractivity contribution is 0.547. The van der Waals surface area contributed by atoms with Gasteiger partial charge in [0.05, 0.1) is 11.7 Å². The molecular formula is C14H19IN4. The summed E-state index contributed by atoms with van der Waals surface area (Å²) in [6, 6.07) is 8.63. The Morgan fingerprint density at radius 1 is 1.37 bits per heavy atom. The number of nitrogens with zero attached hydrogens (tertiary/aromatic N) is 2. The largest absolute Gasteiger partial charge is 0.275 e. The van der Waals surface area contributed by atoms with Crippen molar-refractivity contribution in [3.63, 3.8) is 0 Å². The predicted molar refractivity (Wildman–Crippen MR) is 85.5 cm³/mol. The Morgan fingerprint density at radius 3 is 2.63 bits per heavy atom. The van der Waals surface area contributed by atoms with E-state index in [9.17, 15) is 0 Å². The van der Waals surface area contributed by atoms with Crippen molar-refractivity contribution in [2.24, 2.45) is 12.9 Å². The van der Waals surface area contributed by atoms with E-state index in [1.807, 2.05) is 11.7 Å². The standard InChI is InChI=1S/C14H19IN4/c1-3-13-12(9-19(2)18-13)14(17-16)8-10-4-6-11(15)7-5-10/h4-7,9,14,17H,3,8,16H2,1-2H3. The number of nitrogens with one attached hydrogen (secondary N) is 1. The highest BCUT2D eigenvalue weighted by atomic mass is 127. The number of hydrogen-bond acceptors (Lipinski definition) is 3. The van der Waals surface area contributed by atoms with Crippen LogP contribution >= 0.6 is 22.6 Å². The molecule has 1 atom stereocenters. The summed E-state index contributed by atoms with van der Waals surface area (Å²) in [5.41, 5.74) is 6.48. The number of rotatable bonds is 5. The molecule has 2 rings (SSSR count). The maximum atomic E-state index is 5.73. The van der Waals surface area contributed by atoms with Gasteiger partial charge in [-0.2, -0.15) is 5.10 Å². The van der Waals surface area contributed by atoms with Crippen LogP contribution in [0.15, 0.2) is 30.5 Å². The van der Waals surface area contributed by atoms with E-state index in [2.05, 4.69) is 70.5 Å². The van der Waals surface area contributed by atoms with Gasteiger partial charge in [-0.05, 0) is 53.1 Å². The number of aryl methyl sites for hydroxylation is 2. The highest BCUT2D eigenvalue weighted by molar-refractivity contribution is 14.1. The lowest BCUT2D eigenvalue weighted by Crippen LogP contribution is -2.30. The molecule has 19 heavy (non-hydrogen) atoms. The summed E-state index contributed by atoms with van der Waals surface area (Å²) < 4.78 is 3.10. The van der Waals surface area contributed by atoms with Gasteiger partial charge in [-0.25, -0.2) is 0 Å². The van der Waals surface area contributed by atoms with Gasteiger partial charge in [0, 0.05) is 22.4 Å². The quantitative estimate of drug-likeness (QED) is 0.483. The maximum Gasteiger partial charge on any atom is 0.0670 e. The Labute approximate surface area is 127 Å². The van der Waals surface area contributed by atoms with Crippen molar-refractivity contribution in [2.45, 2.75) is 25.8 Å². The Kier molecular flexibility index (Phi) is 4.95. The van der Waals surface area contributed by atoms with Crippen molar-refractivity contribution >= 4 is 22.6 Å². The van der Waals surface area contributed by atoms with Crippen molar-refractivity contribution < 1.29 is 0 Å². The van der Waals surface area contributed by atoms with Gasteiger partial charge in [0.2, 0.25) is 0 Å². The van der Waals surface area contributed by atoms with Crippen molar-refractivity contribution in [1.29, 1.82) is 0 Å². The lowest BCUT2D eigenvalue weighted by atomic mass is 9.99. The number of nitrogens with two attached hydrogens (primary N) is 1. The van der Waals surface area contributed by atoms with Gasteiger partial charge >= 0.3 is 0 Å². The molecule has 1 aromatic heterocycles. The van der Waals surface area contributed by atoms with Gasteiger partial charge < -0.3 is 0 Å². The summed E-state index contributed by atoms with van der Waals surface area (Å²) in [4.78, 5) is 0. The molecule has 0 radical (unpaired) electrons. The second kappa shape index (κ2) is 6.49. The number of aromatic nitrogens is 2. The molecule has 1 aromatic carbocycles. The topological polar surface area (TPSA) is 55.9 Å². The minimum Gasteiger partial charge on any atom is -0.275 e. The molecule has 0 spiro atoms. The Bertz CT molecular complexity index is 533. The van der Waals surface area contributed by atoms with Gasteiger partial charge in [0.15, 0.2) is 0 Å². The monoisotopic (exact) mass is 370 g/mol. The summed E-state index contributed by atoms with van der Waals surface area (Å²) in [6.07, 6.45) is 3.84. The maximum absolute atomic E-state index is 5.73. The zero-order valence-electron chi connectivity index (χ0n) is 11.2. The third-order valence-electron chi connectivity index (χ3n) is 3.20. The zero-order valence-corrected chi connectivity index (χ0v) is 13.4. The predicted octanol–water partition coefficient (Wildman–Crippen LogP) is 2.33. The first-order valence-electron chi connectivity index (χ1n) is 6.37. The molecule has 4 nitrogen and oxygen atoms in total. The molecular weight excluding hydrogens is 351 g/mol. The van der Waals surface area contributed by atoms with E-state index in [0.717, 1.165) is 18.5 Å². The number of hydrogen-bond donors (Lipinski definition) is 2. The van der Waals surface area contributed by atoms with Crippen LogP contribution in [0.5, 0.6) is 0 Å². The third kappa shape index (κ3) is 3.55. The van der Waals surface area contributed by atoms with Crippen LogP contribution in [-0.4, -0.2) is 9.78 Å². The average molecular weight is 370 g/mol. The third-order valence-corrected chi connectivity index (χ3v) is 3.92. The first-order valence-corrected chi connectivity index (χ1v) is 7.45. The number of benzene rings is 1. The lowest BCUT2D eigenvalue weighted by Gasteiger charge is -2.16. The van der Waals surface area contributed by atoms with Crippen LogP contribution in [-0.2, 0) is 19.9 Å². The van der Waals surface area contributed by atoms with Gasteiger partial charge in [-0.1, -0.05) is 19.1 Å². The molecule has 0 aliphatic heterocycles. The van der Waals surface area contributed by atoms with E-state index in [1.165, 1.54) is 14.7 Å². The number of hydrazine groups is 1. The van der Waals surface area contributed by atoms with Crippen LogP contribution in [0.25, 0.3) is 0 Å². The van der Waals surface area contributed by atoms with Crippen molar-refractivity contribution in [3.8, 4) is 0 Å². The first kappa shape index (κ1) is 14.5. The average Bonchev–Trinajstić information content (AvgIpc) is 2.79. The van der Waals surface area contributed by atoms with Crippen LogP contribution in [0, 0.1) is 3.57 Å².